The number of benzene rings is 2. The molecule has 5 aromatic heterocycles. The Hall–Kier alpha value is -4.08. The van der Waals surface area contributed by atoms with Crippen LogP contribution in [0.2, 0.25) is 10.6 Å². The molecule has 4 aliphatic carbocycles. The molecule has 28 nitrogen and oxygen atoms in total. The number of aliphatic hydroxyl groups is 3. The maximum Gasteiger partial charge on any atom is 0.336 e. The number of aromatic nitrogens is 9. The number of nitrogens with one attached hydrogen (secondary N) is 3. The van der Waals surface area contributed by atoms with Crippen molar-refractivity contribution in [3.05, 3.63) is 65.7 Å². The zero-order chi connectivity index (χ0) is 56.9. The molecule has 6 fully saturated rings. The van der Waals surface area contributed by atoms with E-state index in [0.717, 1.165) is 25.7 Å². The van der Waals surface area contributed by atoms with Gasteiger partial charge in [0, 0.05) is 29.4 Å². The van der Waals surface area contributed by atoms with E-state index in [1.54, 1.807) is 28.8 Å². The molecule has 430 valence electrons. The Morgan fingerprint density at radius 1 is 0.675 bits per heavy atom. The quantitative estimate of drug-likeness (QED) is 0.0435. The first kappa shape index (κ1) is 56.4. The average Bonchev–Trinajstić information content (AvgIpc) is 4.18. The van der Waals surface area contributed by atoms with Gasteiger partial charge in [0.1, 0.15) is 48.1 Å². The summed E-state index contributed by atoms with van der Waals surface area (Å²) in [4.78, 5) is 85.7. The third-order valence-electron chi connectivity index (χ3n) is 15.9. The number of fused-ring (bicyclic) bond motifs is 5. The van der Waals surface area contributed by atoms with Crippen molar-refractivity contribution in [1.82, 2.24) is 53.8 Å². The summed E-state index contributed by atoms with van der Waals surface area (Å²) in [6.07, 6.45) is -2.38. The van der Waals surface area contributed by atoms with Gasteiger partial charge >= 0.3 is 15.2 Å². The number of halogens is 2. The Morgan fingerprint density at radius 3 is 1.88 bits per heavy atom. The van der Waals surface area contributed by atoms with E-state index in [4.69, 9.17) is 42.4 Å². The molecule has 2 saturated heterocycles. The summed E-state index contributed by atoms with van der Waals surface area (Å²) >= 11 is 13.3. The highest BCUT2D eigenvalue weighted by Gasteiger charge is 2.60. The first-order valence-electron chi connectivity index (χ1n) is 25.3. The molecule has 2 aliphatic heterocycles. The van der Waals surface area contributed by atoms with Gasteiger partial charge in [-0.25, -0.2) is 20.1 Å². The molecule has 80 heavy (non-hydrogen) atoms. The predicted molar refractivity (Wildman–Crippen MR) is 288 cm³/mol. The van der Waals surface area contributed by atoms with Crippen LogP contribution >= 0.6 is 53.4 Å². The lowest BCUT2D eigenvalue weighted by Gasteiger charge is -2.65. The lowest BCUT2D eigenvalue weighted by Crippen LogP contribution is -2.61. The lowest BCUT2D eigenvalue weighted by molar-refractivity contribution is -0.0973. The van der Waals surface area contributed by atoms with Crippen LogP contribution in [0.15, 0.2) is 55.1 Å². The monoisotopic (exact) mass is 1230 g/mol. The van der Waals surface area contributed by atoms with Crippen LogP contribution in [-0.2, 0) is 27.7 Å². The summed E-state index contributed by atoms with van der Waals surface area (Å²) < 4.78 is 72.3. The van der Waals surface area contributed by atoms with Crippen LogP contribution in [-0.4, -0.2) is 155 Å². The number of hydrogen-bond acceptors (Lipinski definition) is 17. The van der Waals surface area contributed by atoms with Gasteiger partial charge < -0.3 is 64.2 Å². The smallest absolute Gasteiger partial charge is 0.336 e. The van der Waals surface area contributed by atoms with Crippen LogP contribution in [0.5, 0.6) is 5.75 Å². The molecule has 7 aromatic rings. The topological polar surface area (TPSA) is 406 Å². The molecular weight excluding hydrogens is 1170 g/mol. The van der Waals surface area contributed by atoms with Gasteiger partial charge in [0.15, 0.2) is 52.5 Å². The SMILES string of the molecule is C[C@]12C[C@@H]3C[C@](C)(C1)C[C@@](Nc1nc(Cl)nc4c1ncn4[C@@H]1O[C@H](CNP(=O)(O)CP(=O)(O)O)C(O)C1Oc1ccc4c(c1)c1ccccc1n4-c1nc(Cl)nc4c1ncn4[C@@H]1O[C@H](CNP(=O)(O)CP(=O)(O)O)C(O)C1O)(C3)C2. The molecule has 0 radical (unpaired) electrons. The van der Waals surface area contributed by atoms with Gasteiger partial charge in [-0.15, -0.1) is 0 Å². The summed E-state index contributed by atoms with van der Waals surface area (Å²) in [5, 5.41) is 43.4. The first-order valence-corrected chi connectivity index (χ1v) is 33.4. The van der Waals surface area contributed by atoms with E-state index in [0.29, 0.717) is 39.1 Å². The fraction of sp³-hybridized carbons (Fsp3) is 0.522. The average molecular weight is 1230 g/mol. The molecule has 4 bridgehead atoms. The van der Waals surface area contributed by atoms with E-state index in [2.05, 4.69) is 54.3 Å². The molecule has 7 heterocycles. The van der Waals surface area contributed by atoms with Crippen LogP contribution in [0.1, 0.15) is 64.8 Å². The van der Waals surface area contributed by atoms with Crippen molar-refractivity contribution in [1.29, 1.82) is 0 Å². The van der Waals surface area contributed by atoms with Crippen LogP contribution in [0.3, 0.4) is 0 Å². The van der Waals surface area contributed by atoms with Crippen molar-refractivity contribution < 1.29 is 77.2 Å². The van der Waals surface area contributed by atoms with Crippen LogP contribution in [0.25, 0.3) is 50.0 Å². The minimum Gasteiger partial charge on any atom is -0.483 e. The maximum absolute atomic E-state index is 13.0. The fourth-order valence-corrected chi connectivity index (χ4v) is 20.1. The summed E-state index contributed by atoms with van der Waals surface area (Å²) in [7, 11) is -19.1. The molecule has 2 aromatic carbocycles. The number of imidazole rings is 2. The van der Waals surface area contributed by atoms with E-state index in [1.807, 2.05) is 18.2 Å². The van der Waals surface area contributed by atoms with Gasteiger partial charge in [0.05, 0.1) is 23.7 Å². The summed E-state index contributed by atoms with van der Waals surface area (Å²) in [6, 6.07) is 12.3. The van der Waals surface area contributed by atoms with Crippen molar-refractivity contribution >= 4 is 103 Å². The summed E-state index contributed by atoms with van der Waals surface area (Å²) in [6.45, 7) is 3.60. The van der Waals surface area contributed by atoms with E-state index >= 15 is 0 Å². The molecular formula is C46H56Cl2N12O16P4. The number of anilines is 1. The van der Waals surface area contributed by atoms with Gasteiger partial charge in [-0.3, -0.25) is 32.0 Å². The minimum absolute atomic E-state index is 0.0487. The van der Waals surface area contributed by atoms with E-state index < -0.39 is 104 Å². The second kappa shape index (κ2) is 19.8. The van der Waals surface area contributed by atoms with Crippen LogP contribution in [0, 0.1) is 16.7 Å². The number of rotatable bonds is 17. The van der Waals surface area contributed by atoms with E-state index in [1.165, 1.54) is 34.6 Å². The van der Waals surface area contributed by atoms with Gasteiger partial charge in [-0.2, -0.15) is 19.9 Å². The van der Waals surface area contributed by atoms with E-state index in [9.17, 15) is 62.9 Å². The largest absolute Gasteiger partial charge is 0.483 e. The molecule has 34 heteroatoms. The third kappa shape index (κ3) is 10.7. The van der Waals surface area contributed by atoms with Crippen molar-refractivity contribution in [3.8, 4) is 11.6 Å². The zero-order valence-electron chi connectivity index (χ0n) is 42.4. The Morgan fingerprint density at radius 2 is 1.24 bits per heavy atom. The molecule has 12 N–H and O–H groups in total. The predicted octanol–water partition coefficient (Wildman–Crippen LogP) is 4.68. The molecule has 6 aliphatic rings. The maximum atomic E-state index is 13.0. The standard InChI is InChI=1S/C46H56Cl2N12O16P4/c1-44-10-22-11-45(2,15-44)17-46(12-22,16-44)57-36-30-37(54-42(47)53-36)59(18-49-30)41-35(33(62)29(76-41)14-52-78(66,67)21-80(71,72)73)74-23-7-8-27-25(9-23)24-5-3-4-6-26(24)60(27)39-31-38(55-43(48)56-39)58(19-50-31)40-34(63)32(61)28(75-40)13-51-77(64,65)20-79(68,69)70/h3-9,18-19,22,28-29,32-35,40-41,61-63H,10-17,20-21H2,1-2H3,(H2,51,64,65)(H2,52,66,67)(H,53,54,57)(H2,68,69,70)(H2,71,72,73)/t22-,28-,29-,32?,33?,34?,35?,40-,41-,44+,45-,46-/m1/s1. The zero-order valence-corrected chi connectivity index (χ0v) is 47.5. The van der Waals surface area contributed by atoms with Gasteiger partial charge in [0.25, 0.3) is 15.0 Å². The van der Waals surface area contributed by atoms with Crippen molar-refractivity contribution in [2.45, 2.75) is 107 Å². The number of para-hydroxylation sites is 1. The normalized spacial score (nSPS) is 32.1. The third-order valence-corrected chi connectivity index (χ3v) is 23.6. The van der Waals surface area contributed by atoms with E-state index in [-0.39, 0.29) is 55.3 Å². The molecule has 14 atom stereocenters. The number of aliphatic hydroxyl groups excluding tert-OH is 3. The number of nitrogens with zero attached hydrogens (tertiary/aromatic N) is 9. The molecule has 4 saturated carbocycles. The Bertz CT molecular complexity index is 3830. The highest BCUT2D eigenvalue weighted by atomic mass is 35.5. The van der Waals surface area contributed by atoms with Crippen LogP contribution in [0.4, 0.5) is 5.82 Å². The van der Waals surface area contributed by atoms with Crippen molar-refractivity contribution in [2.75, 3.05) is 30.2 Å². The highest BCUT2D eigenvalue weighted by molar-refractivity contribution is 7.72. The fourth-order valence-electron chi connectivity index (χ4n) is 14.1. The van der Waals surface area contributed by atoms with Crippen molar-refractivity contribution in [2.24, 2.45) is 16.7 Å². The highest BCUT2D eigenvalue weighted by Crippen LogP contribution is 2.67. The van der Waals surface area contributed by atoms with Crippen molar-refractivity contribution in [3.63, 3.8) is 0 Å². The van der Waals surface area contributed by atoms with Gasteiger partial charge in [-0.05, 0) is 103 Å². The first-order chi connectivity index (χ1) is 37.5. The summed E-state index contributed by atoms with van der Waals surface area (Å²) in [5.41, 5.74) is 2.02. The lowest BCUT2D eigenvalue weighted by atomic mass is 9.43. The number of hydrogen-bond donors (Lipinski definition) is 12. The Kier molecular flexibility index (Phi) is 13.9. The second-order valence-electron chi connectivity index (χ2n) is 22.8. The summed E-state index contributed by atoms with van der Waals surface area (Å²) in [5.74, 6) is -1.36. The second-order valence-corrected chi connectivity index (χ2v) is 31.8. The molecule has 13 rings (SSSR count). The molecule has 0 spiro atoms. The Labute approximate surface area is 463 Å². The van der Waals surface area contributed by atoms with Gasteiger partial charge in [0.2, 0.25) is 10.6 Å². The minimum atomic E-state index is -4.96. The Balaban J connectivity index is 0.879. The molecule has 0 amide bonds. The van der Waals surface area contributed by atoms with Gasteiger partial charge in [-0.1, -0.05) is 32.0 Å². The molecule has 6 unspecified atom stereocenters. The van der Waals surface area contributed by atoms with Crippen LogP contribution < -0.4 is 20.2 Å². The number of ether oxygens (including phenoxy) is 3.